The molecule has 0 unspecified atom stereocenters. The van der Waals surface area contributed by atoms with Gasteiger partial charge in [0.2, 0.25) is 5.91 Å². The number of rotatable bonds is 9. The number of primary amides is 1. The topological polar surface area (TPSA) is 94.6 Å². The Morgan fingerprint density at radius 1 is 1.30 bits per heavy atom. The molecule has 0 bridgehead atoms. The lowest BCUT2D eigenvalue weighted by Crippen LogP contribution is -2.29. The van der Waals surface area contributed by atoms with Gasteiger partial charge in [0.25, 0.3) is 5.91 Å². The molecule has 1 aromatic heterocycles. The second kappa shape index (κ2) is 8.33. The van der Waals surface area contributed by atoms with E-state index in [1.807, 2.05) is 24.3 Å². The van der Waals surface area contributed by atoms with Gasteiger partial charge in [0.1, 0.15) is 18.0 Å². The van der Waals surface area contributed by atoms with E-state index in [9.17, 15) is 9.59 Å². The van der Waals surface area contributed by atoms with Gasteiger partial charge in [0.05, 0.1) is 12.2 Å². The van der Waals surface area contributed by atoms with E-state index in [0.717, 1.165) is 24.6 Å². The molecular formula is C17H22N2O4. The Morgan fingerprint density at radius 2 is 2.09 bits per heavy atom. The van der Waals surface area contributed by atoms with Crippen molar-refractivity contribution in [2.45, 2.75) is 26.2 Å². The number of furan rings is 1. The van der Waals surface area contributed by atoms with Gasteiger partial charge >= 0.3 is 0 Å². The van der Waals surface area contributed by atoms with Gasteiger partial charge in [-0.2, -0.15) is 0 Å². The smallest absolute Gasteiger partial charge is 0.255 e. The first-order valence-corrected chi connectivity index (χ1v) is 7.78. The average Bonchev–Trinajstić information content (AvgIpc) is 2.90. The van der Waals surface area contributed by atoms with Crippen molar-refractivity contribution in [3.8, 4) is 0 Å². The van der Waals surface area contributed by atoms with Gasteiger partial charge in [-0.05, 0) is 12.5 Å². The zero-order valence-corrected chi connectivity index (χ0v) is 13.3. The Morgan fingerprint density at radius 3 is 2.83 bits per heavy atom. The summed E-state index contributed by atoms with van der Waals surface area (Å²) in [7, 11) is 0. The zero-order valence-electron chi connectivity index (χ0n) is 13.3. The first kappa shape index (κ1) is 17.0. The molecule has 0 aliphatic heterocycles. The maximum atomic E-state index is 12.5. The first-order chi connectivity index (χ1) is 11.1. The van der Waals surface area contributed by atoms with Gasteiger partial charge in [0.15, 0.2) is 0 Å². The largest absolute Gasteiger partial charge is 0.460 e. The number of aryl methyl sites for hydroxylation is 1. The highest BCUT2D eigenvalue weighted by Gasteiger charge is 2.19. The van der Waals surface area contributed by atoms with Crippen LogP contribution in [-0.2, 0) is 16.0 Å². The zero-order chi connectivity index (χ0) is 16.7. The van der Waals surface area contributed by atoms with Crippen LogP contribution >= 0.6 is 0 Å². The number of fused-ring (bicyclic) bond motifs is 1. The first-order valence-electron chi connectivity index (χ1n) is 7.78. The maximum absolute atomic E-state index is 12.5. The highest BCUT2D eigenvalue weighted by atomic mass is 16.5. The van der Waals surface area contributed by atoms with Crippen LogP contribution in [0, 0.1) is 0 Å². The van der Waals surface area contributed by atoms with Crippen LogP contribution in [0.3, 0.4) is 0 Å². The lowest BCUT2D eigenvalue weighted by Gasteiger charge is -2.06. The van der Waals surface area contributed by atoms with Crippen molar-refractivity contribution in [3.63, 3.8) is 0 Å². The fraction of sp³-hybridized carbons (Fsp3) is 0.412. The van der Waals surface area contributed by atoms with E-state index >= 15 is 0 Å². The summed E-state index contributed by atoms with van der Waals surface area (Å²) in [6, 6.07) is 7.51. The third-order valence-electron chi connectivity index (χ3n) is 3.43. The molecule has 0 fully saturated rings. The summed E-state index contributed by atoms with van der Waals surface area (Å²) in [5, 5.41) is 3.61. The molecular weight excluding hydrogens is 296 g/mol. The summed E-state index contributed by atoms with van der Waals surface area (Å²) >= 11 is 0. The van der Waals surface area contributed by atoms with Gasteiger partial charge in [-0.25, -0.2) is 0 Å². The Kier molecular flexibility index (Phi) is 6.17. The summed E-state index contributed by atoms with van der Waals surface area (Å²) in [6.45, 7) is 2.48. The number of para-hydroxylation sites is 1. The van der Waals surface area contributed by atoms with E-state index in [1.54, 1.807) is 0 Å². The second-order valence-corrected chi connectivity index (χ2v) is 5.27. The van der Waals surface area contributed by atoms with Crippen LogP contribution in [0.1, 0.15) is 35.9 Å². The van der Waals surface area contributed by atoms with Crippen LogP contribution in [0.5, 0.6) is 0 Å². The normalized spacial score (nSPS) is 10.8. The number of carbonyl (C=O) groups excluding carboxylic acids is 2. The SMILES string of the molecule is CCCCc1oc2ccccc2c1C(=O)NCCOCC(N)=O. The summed E-state index contributed by atoms with van der Waals surface area (Å²) in [5.41, 5.74) is 6.28. The summed E-state index contributed by atoms with van der Waals surface area (Å²) in [6.07, 6.45) is 2.72. The number of unbranched alkanes of at least 4 members (excludes halogenated alkanes) is 1. The molecule has 0 radical (unpaired) electrons. The van der Waals surface area contributed by atoms with E-state index in [-0.39, 0.29) is 19.1 Å². The van der Waals surface area contributed by atoms with Crippen LogP contribution in [0.25, 0.3) is 11.0 Å². The highest BCUT2D eigenvalue weighted by Crippen LogP contribution is 2.27. The second-order valence-electron chi connectivity index (χ2n) is 5.27. The number of benzene rings is 1. The molecule has 6 heteroatoms. The standard InChI is InChI=1S/C17H22N2O4/c1-2-3-7-14-16(12-6-4-5-8-13(12)23-14)17(21)19-9-10-22-11-15(18)20/h4-6,8H,2-3,7,9-11H2,1H3,(H2,18,20)(H,19,21). The quantitative estimate of drug-likeness (QED) is 0.691. The summed E-state index contributed by atoms with van der Waals surface area (Å²) < 4.78 is 10.9. The minimum Gasteiger partial charge on any atom is -0.460 e. The van der Waals surface area contributed by atoms with Crippen molar-refractivity contribution in [2.24, 2.45) is 5.73 Å². The Balaban J connectivity index is 2.06. The molecule has 0 saturated heterocycles. The van der Waals surface area contributed by atoms with E-state index in [2.05, 4.69) is 12.2 Å². The molecule has 1 aromatic carbocycles. The van der Waals surface area contributed by atoms with Crippen LogP contribution in [0.4, 0.5) is 0 Å². The molecule has 2 rings (SSSR count). The minimum atomic E-state index is -0.529. The Hall–Kier alpha value is -2.34. The van der Waals surface area contributed by atoms with Gasteiger partial charge in [-0.1, -0.05) is 31.5 Å². The fourth-order valence-corrected chi connectivity index (χ4v) is 2.36. The lowest BCUT2D eigenvalue weighted by atomic mass is 10.1. The third-order valence-corrected chi connectivity index (χ3v) is 3.43. The molecule has 0 aliphatic rings. The average molecular weight is 318 g/mol. The van der Waals surface area contributed by atoms with Crippen LogP contribution in [0.2, 0.25) is 0 Å². The maximum Gasteiger partial charge on any atom is 0.255 e. The molecule has 0 saturated carbocycles. The number of ether oxygens (including phenoxy) is 1. The van der Waals surface area contributed by atoms with Gasteiger partial charge in [-0.15, -0.1) is 0 Å². The van der Waals surface area contributed by atoms with Crippen molar-refractivity contribution in [1.82, 2.24) is 5.32 Å². The predicted octanol–water partition coefficient (Wildman–Crippen LogP) is 2.01. The van der Waals surface area contributed by atoms with E-state index in [1.165, 1.54) is 0 Å². The van der Waals surface area contributed by atoms with Crippen molar-refractivity contribution in [2.75, 3.05) is 19.8 Å². The summed E-state index contributed by atoms with van der Waals surface area (Å²) in [4.78, 5) is 23.1. The third kappa shape index (κ3) is 4.56. The number of nitrogens with two attached hydrogens (primary N) is 1. The fourth-order valence-electron chi connectivity index (χ4n) is 2.36. The van der Waals surface area contributed by atoms with Crippen LogP contribution in [-0.4, -0.2) is 31.6 Å². The molecule has 23 heavy (non-hydrogen) atoms. The van der Waals surface area contributed by atoms with E-state index < -0.39 is 5.91 Å². The molecule has 0 spiro atoms. The van der Waals surface area contributed by atoms with E-state index in [0.29, 0.717) is 23.5 Å². The highest BCUT2D eigenvalue weighted by molar-refractivity contribution is 6.07. The van der Waals surface area contributed by atoms with Gasteiger partial charge < -0.3 is 20.2 Å². The predicted molar refractivity (Wildman–Crippen MR) is 87.2 cm³/mol. The van der Waals surface area contributed by atoms with Gasteiger partial charge in [0, 0.05) is 18.4 Å². The number of hydrogen-bond donors (Lipinski definition) is 2. The Labute approximate surface area is 135 Å². The summed E-state index contributed by atoms with van der Waals surface area (Å²) in [5.74, 6) is -0.00802. The lowest BCUT2D eigenvalue weighted by molar-refractivity contribution is -0.122. The molecule has 6 nitrogen and oxygen atoms in total. The Bertz CT molecular complexity index is 678. The van der Waals surface area contributed by atoms with Crippen molar-refractivity contribution in [3.05, 3.63) is 35.6 Å². The van der Waals surface area contributed by atoms with Crippen molar-refractivity contribution in [1.29, 1.82) is 0 Å². The van der Waals surface area contributed by atoms with Gasteiger partial charge in [-0.3, -0.25) is 9.59 Å². The van der Waals surface area contributed by atoms with Crippen molar-refractivity contribution < 1.29 is 18.7 Å². The molecule has 2 aromatic rings. The molecule has 1 heterocycles. The minimum absolute atomic E-state index is 0.147. The van der Waals surface area contributed by atoms with E-state index in [4.69, 9.17) is 14.9 Å². The molecule has 3 N–H and O–H groups in total. The number of hydrogen-bond acceptors (Lipinski definition) is 4. The molecule has 0 aliphatic carbocycles. The number of amides is 2. The van der Waals surface area contributed by atoms with Crippen LogP contribution < -0.4 is 11.1 Å². The monoisotopic (exact) mass is 318 g/mol. The molecule has 124 valence electrons. The molecule has 0 atom stereocenters. The molecule has 2 amide bonds. The number of carbonyl (C=O) groups is 2. The number of nitrogens with one attached hydrogen (secondary N) is 1. The van der Waals surface area contributed by atoms with Crippen molar-refractivity contribution >= 4 is 22.8 Å². The van der Waals surface area contributed by atoms with Crippen LogP contribution in [0.15, 0.2) is 28.7 Å².